The van der Waals surface area contributed by atoms with Crippen LogP contribution < -0.4 is 10.2 Å². The average molecular weight is 397 g/mol. The minimum Gasteiger partial charge on any atom is -0.324 e. The van der Waals surface area contributed by atoms with Gasteiger partial charge in [0.05, 0.1) is 23.7 Å². The number of carbonyl (C=O) groups excluding carboxylic acids is 2. The van der Waals surface area contributed by atoms with Gasteiger partial charge in [-0.3, -0.25) is 19.5 Å². The maximum Gasteiger partial charge on any atom is 0.235 e. The summed E-state index contributed by atoms with van der Waals surface area (Å²) in [6, 6.07) is 22.7. The monoisotopic (exact) mass is 397 g/mol. The molecular weight excluding hydrogens is 374 g/mol. The molecule has 2 aromatic carbocycles. The number of nitrogens with one attached hydrogen (secondary N) is 1. The Morgan fingerprint density at radius 3 is 1.97 bits per heavy atom. The van der Waals surface area contributed by atoms with E-state index in [9.17, 15) is 9.59 Å². The zero-order valence-electron chi connectivity index (χ0n) is 16.5. The molecule has 0 fully saturated rings. The Bertz CT molecular complexity index is 981. The van der Waals surface area contributed by atoms with E-state index in [0.29, 0.717) is 18.5 Å². The van der Waals surface area contributed by atoms with Crippen molar-refractivity contribution < 1.29 is 9.59 Å². The van der Waals surface area contributed by atoms with Crippen molar-refractivity contribution in [1.82, 2.24) is 4.98 Å². The van der Waals surface area contributed by atoms with E-state index in [2.05, 4.69) is 10.3 Å². The molecule has 1 aliphatic carbocycles. The molecule has 4 rings (SSSR count). The number of amides is 2. The Balaban J connectivity index is 1.64. The maximum atomic E-state index is 13.8. The fourth-order valence-electron chi connectivity index (χ4n) is 3.77. The number of benzene rings is 2. The van der Waals surface area contributed by atoms with Crippen molar-refractivity contribution in [1.29, 1.82) is 0 Å². The van der Waals surface area contributed by atoms with Gasteiger partial charge in [0.25, 0.3) is 0 Å². The lowest BCUT2D eigenvalue weighted by molar-refractivity contribution is -0.130. The van der Waals surface area contributed by atoms with Gasteiger partial charge in [-0.25, -0.2) is 0 Å². The van der Waals surface area contributed by atoms with Crippen molar-refractivity contribution in [2.24, 2.45) is 11.8 Å². The van der Waals surface area contributed by atoms with E-state index in [0.717, 1.165) is 11.4 Å². The van der Waals surface area contributed by atoms with Gasteiger partial charge in [0, 0.05) is 17.6 Å². The van der Waals surface area contributed by atoms with Crippen LogP contribution >= 0.6 is 0 Å². The van der Waals surface area contributed by atoms with Crippen molar-refractivity contribution >= 4 is 28.9 Å². The molecule has 0 saturated heterocycles. The lowest BCUT2D eigenvalue weighted by atomic mass is 9.81. The van der Waals surface area contributed by atoms with E-state index in [1.165, 1.54) is 0 Å². The first-order valence-electron chi connectivity index (χ1n) is 10.0. The summed E-state index contributed by atoms with van der Waals surface area (Å²) in [4.78, 5) is 32.6. The molecule has 0 saturated carbocycles. The Morgan fingerprint density at radius 2 is 1.40 bits per heavy atom. The molecule has 30 heavy (non-hydrogen) atoms. The number of carbonyl (C=O) groups is 2. The number of anilines is 3. The Hall–Kier alpha value is -3.73. The van der Waals surface area contributed by atoms with Crippen LogP contribution in [-0.4, -0.2) is 16.8 Å². The first-order valence-corrected chi connectivity index (χ1v) is 10.0. The Labute approximate surface area is 176 Å². The van der Waals surface area contributed by atoms with Crippen LogP contribution in [0.3, 0.4) is 0 Å². The summed E-state index contributed by atoms with van der Waals surface area (Å²) in [5, 5.41) is 2.91. The molecule has 2 unspecified atom stereocenters. The van der Waals surface area contributed by atoms with Crippen LogP contribution in [-0.2, 0) is 9.59 Å². The highest BCUT2D eigenvalue weighted by Gasteiger charge is 2.37. The number of pyridine rings is 1. The second-order valence-electron chi connectivity index (χ2n) is 7.23. The van der Waals surface area contributed by atoms with Gasteiger partial charge < -0.3 is 5.32 Å². The van der Waals surface area contributed by atoms with E-state index in [-0.39, 0.29) is 11.8 Å². The van der Waals surface area contributed by atoms with Crippen LogP contribution in [0.4, 0.5) is 17.1 Å². The third-order valence-corrected chi connectivity index (χ3v) is 5.26. The third-order valence-electron chi connectivity index (χ3n) is 5.26. The van der Waals surface area contributed by atoms with Crippen molar-refractivity contribution in [3.63, 3.8) is 0 Å². The Morgan fingerprint density at radius 1 is 0.800 bits per heavy atom. The molecule has 2 amide bonds. The highest BCUT2D eigenvalue weighted by atomic mass is 16.2. The molecule has 5 nitrogen and oxygen atoms in total. The van der Waals surface area contributed by atoms with E-state index in [1.807, 2.05) is 72.8 Å². The first kappa shape index (κ1) is 19.6. The highest BCUT2D eigenvalue weighted by Crippen LogP contribution is 2.34. The Kier molecular flexibility index (Phi) is 5.99. The minimum absolute atomic E-state index is 0.0805. The normalized spacial score (nSPS) is 17.9. The van der Waals surface area contributed by atoms with Gasteiger partial charge in [-0.1, -0.05) is 48.6 Å². The predicted octanol–water partition coefficient (Wildman–Crippen LogP) is 4.97. The summed E-state index contributed by atoms with van der Waals surface area (Å²) in [7, 11) is 0. The van der Waals surface area contributed by atoms with Gasteiger partial charge in [0.1, 0.15) is 0 Å². The number of allylic oxidation sites excluding steroid dienone is 2. The second-order valence-corrected chi connectivity index (χ2v) is 7.23. The van der Waals surface area contributed by atoms with Crippen LogP contribution in [0.1, 0.15) is 12.8 Å². The smallest absolute Gasteiger partial charge is 0.235 e. The largest absolute Gasteiger partial charge is 0.324 e. The van der Waals surface area contributed by atoms with Gasteiger partial charge in [-0.15, -0.1) is 0 Å². The van der Waals surface area contributed by atoms with Crippen molar-refractivity contribution in [3.8, 4) is 0 Å². The van der Waals surface area contributed by atoms with E-state index < -0.39 is 11.8 Å². The lowest BCUT2D eigenvalue weighted by Crippen LogP contribution is -2.41. The van der Waals surface area contributed by atoms with Crippen LogP contribution in [0.2, 0.25) is 0 Å². The van der Waals surface area contributed by atoms with E-state index in [1.54, 1.807) is 29.4 Å². The maximum absolute atomic E-state index is 13.8. The predicted molar refractivity (Wildman–Crippen MR) is 118 cm³/mol. The number of hydrogen-bond acceptors (Lipinski definition) is 3. The van der Waals surface area contributed by atoms with Gasteiger partial charge >= 0.3 is 0 Å². The molecule has 2 atom stereocenters. The van der Waals surface area contributed by atoms with Gasteiger partial charge in [-0.2, -0.15) is 0 Å². The van der Waals surface area contributed by atoms with Gasteiger partial charge in [-0.05, 0) is 49.2 Å². The topological polar surface area (TPSA) is 62.3 Å². The summed E-state index contributed by atoms with van der Waals surface area (Å²) in [5.41, 5.74) is 2.20. The van der Waals surface area contributed by atoms with Crippen LogP contribution in [0.15, 0.2) is 97.3 Å². The number of hydrogen-bond donors (Lipinski definition) is 1. The summed E-state index contributed by atoms with van der Waals surface area (Å²) < 4.78 is 0. The molecule has 0 bridgehead atoms. The van der Waals surface area contributed by atoms with Crippen molar-refractivity contribution in [2.75, 3.05) is 10.2 Å². The molecule has 1 N–H and O–H groups in total. The number of rotatable bonds is 5. The zero-order chi connectivity index (χ0) is 20.8. The molecule has 1 aliphatic rings. The van der Waals surface area contributed by atoms with Crippen molar-refractivity contribution in [3.05, 3.63) is 97.3 Å². The molecule has 1 aromatic heterocycles. The van der Waals surface area contributed by atoms with E-state index >= 15 is 0 Å². The standard InChI is InChI=1S/C25H23N3O2/c29-24(27-19-10-9-17-26-18-19)22-15-7-8-16-23(22)25(30)28(20-11-3-1-4-12-20)21-13-5-2-6-14-21/h1-14,17-18,22-23H,15-16H2,(H,27,29). The first-order chi connectivity index (χ1) is 14.7. The summed E-state index contributed by atoms with van der Waals surface area (Å²) in [5.74, 6) is -1.14. The molecule has 150 valence electrons. The molecule has 5 heteroatoms. The van der Waals surface area contributed by atoms with Crippen LogP contribution in [0.25, 0.3) is 0 Å². The quantitative estimate of drug-likeness (QED) is 0.619. The average Bonchev–Trinajstić information content (AvgIpc) is 2.81. The summed E-state index contributed by atoms with van der Waals surface area (Å²) in [6.07, 6.45) is 8.29. The molecule has 0 aliphatic heterocycles. The molecule has 0 spiro atoms. The number of aromatic nitrogens is 1. The molecular formula is C25H23N3O2. The fourth-order valence-corrected chi connectivity index (χ4v) is 3.77. The molecule has 1 heterocycles. The van der Waals surface area contributed by atoms with Gasteiger partial charge in [0.15, 0.2) is 0 Å². The number of nitrogens with zero attached hydrogens (tertiary/aromatic N) is 2. The summed E-state index contributed by atoms with van der Waals surface area (Å²) >= 11 is 0. The van der Waals surface area contributed by atoms with E-state index in [4.69, 9.17) is 0 Å². The fraction of sp³-hybridized carbons (Fsp3) is 0.160. The third kappa shape index (κ3) is 4.30. The minimum atomic E-state index is -0.452. The SMILES string of the molecule is O=C(Nc1cccnc1)C1CC=CCC1C(=O)N(c1ccccc1)c1ccccc1. The van der Waals surface area contributed by atoms with Crippen LogP contribution in [0.5, 0.6) is 0 Å². The summed E-state index contributed by atoms with van der Waals surface area (Å²) in [6.45, 7) is 0. The zero-order valence-corrected chi connectivity index (χ0v) is 16.5. The van der Waals surface area contributed by atoms with Gasteiger partial charge in [0.2, 0.25) is 11.8 Å². The number of para-hydroxylation sites is 2. The molecule has 3 aromatic rings. The molecule has 0 radical (unpaired) electrons. The lowest BCUT2D eigenvalue weighted by Gasteiger charge is -2.32. The van der Waals surface area contributed by atoms with Crippen LogP contribution in [0, 0.1) is 11.8 Å². The van der Waals surface area contributed by atoms with Crippen molar-refractivity contribution in [2.45, 2.75) is 12.8 Å². The second kappa shape index (κ2) is 9.18. The highest BCUT2D eigenvalue weighted by molar-refractivity contribution is 6.05.